The van der Waals surface area contributed by atoms with E-state index in [-0.39, 0.29) is 23.5 Å². The molecule has 0 saturated carbocycles. The zero-order valence-electron chi connectivity index (χ0n) is 10.3. The largest absolute Gasteiger partial charge is 0.416 e. The van der Waals surface area contributed by atoms with Crippen molar-refractivity contribution in [3.8, 4) is 0 Å². The van der Waals surface area contributed by atoms with Gasteiger partial charge in [0, 0.05) is 11.6 Å². The molecular weight excluding hydrogens is 295 g/mol. The van der Waals surface area contributed by atoms with Gasteiger partial charge in [0.05, 0.1) is 17.1 Å². The van der Waals surface area contributed by atoms with E-state index in [1.165, 1.54) is 6.07 Å². The molecule has 1 heterocycles. The average Bonchev–Trinajstić information content (AvgIpc) is 2.68. The van der Waals surface area contributed by atoms with Crippen LogP contribution in [0.25, 0.3) is 0 Å². The maximum Gasteiger partial charge on any atom is 0.416 e. The Balaban J connectivity index is 2.10. The van der Waals surface area contributed by atoms with Gasteiger partial charge in [0.2, 0.25) is 0 Å². The normalized spacial score (nSPS) is 21.6. The van der Waals surface area contributed by atoms with Crippen LogP contribution in [0.2, 0.25) is 0 Å². The molecule has 2 rings (SSSR count). The van der Waals surface area contributed by atoms with Crippen LogP contribution >= 0.6 is 0 Å². The van der Waals surface area contributed by atoms with E-state index in [1.807, 2.05) is 0 Å². The Bertz CT molecular complexity index is 625. The molecule has 0 bridgehead atoms. The summed E-state index contributed by atoms with van der Waals surface area (Å²) >= 11 is 0. The maximum atomic E-state index is 12.5. The minimum Gasteiger partial charge on any atom is -0.348 e. The maximum absolute atomic E-state index is 12.5. The molecule has 1 saturated heterocycles. The third kappa shape index (κ3) is 3.50. The molecule has 1 aliphatic heterocycles. The number of nitrogens with one attached hydrogen (secondary N) is 1. The minimum atomic E-state index is -4.52. The lowest BCUT2D eigenvalue weighted by Gasteiger charge is -2.12. The highest BCUT2D eigenvalue weighted by Gasteiger charge is 2.32. The van der Waals surface area contributed by atoms with E-state index in [1.54, 1.807) is 0 Å². The van der Waals surface area contributed by atoms with Gasteiger partial charge in [0.1, 0.15) is 0 Å². The molecule has 0 aromatic heterocycles. The van der Waals surface area contributed by atoms with Gasteiger partial charge < -0.3 is 5.32 Å². The van der Waals surface area contributed by atoms with Crippen LogP contribution in [0.5, 0.6) is 0 Å². The van der Waals surface area contributed by atoms with Crippen molar-refractivity contribution in [3.05, 3.63) is 35.4 Å². The highest BCUT2D eigenvalue weighted by molar-refractivity contribution is 7.91. The Morgan fingerprint density at radius 3 is 2.55 bits per heavy atom. The minimum absolute atomic E-state index is 0.0134. The van der Waals surface area contributed by atoms with Crippen molar-refractivity contribution in [2.24, 2.45) is 0 Å². The number of halogens is 3. The summed E-state index contributed by atoms with van der Waals surface area (Å²) in [4.78, 5) is 11.8. The first-order valence-electron chi connectivity index (χ1n) is 5.86. The van der Waals surface area contributed by atoms with E-state index in [0.29, 0.717) is 0 Å². The van der Waals surface area contributed by atoms with Crippen LogP contribution in [0, 0.1) is 0 Å². The lowest BCUT2D eigenvalue weighted by atomic mass is 10.1. The van der Waals surface area contributed by atoms with E-state index in [4.69, 9.17) is 0 Å². The van der Waals surface area contributed by atoms with Crippen LogP contribution < -0.4 is 5.32 Å². The number of carbonyl (C=O) groups is 1. The number of benzene rings is 1. The zero-order valence-corrected chi connectivity index (χ0v) is 11.1. The van der Waals surface area contributed by atoms with Crippen LogP contribution in [0.15, 0.2) is 24.3 Å². The van der Waals surface area contributed by atoms with Gasteiger partial charge >= 0.3 is 6.18 Å². The number of hydrogen-bond acceptors (Lipinski definition) is 3. The van der Waals surface area contributed by atoms with E-state index in [0.717, 1.165) is 18.2 Å². The highest BCUT2D eigenvalue weighted by Crippen LogP contribution is 2.29. The molecule has 1 fully saturated rings. The van der Waals surface area contributed by atoms with Crippen molar-refractivity contribution in [1.82, 2.24) is 5.32 Å². The monoisotopic (exact) mass is 307 g/mol. The summed E-state index contributed by atoms with van der Waals surface area (Å²) in [6.07, 6.45) is -4.24. The average molecular weight is 307 g/mol. The van der Waals surface area contributed by atoms with E-state index < -0.39 is 33.5 Å². The van der Waals surface area contributed by atoms with Gasteiger partial charge in [-0.3, -0.25) is 4.79 Å². The molecule has 1 amide bonds. The van der Waals surface area contributed by atoms with Crippen molar-refractivity contribution in [3.63, 3.8) is 0 Å². The molecule has 0 aliphatic carbocycles. The first-order chi connectivity index (χ1) is 9.17. The Labute approximate surface area is 113 Å². The zero-order chi connectivity index (χ0) is 15.0. The van der Waals surface area contributed by atoms with Gasteiger partial charge in [-0.15, -0.1) is 0 Å². The first-order valence-corrected chi connectivity index (χ1v) is 7.68. The molecule has 1 aliphatic rings. The molecule has 20 heavy (non-hydrogen) atoms. The summed E-state index contributed by atoms with van der Waals surface area (Å²) in [6.45, 7) is 0. The second-order valence-corrected chi connectivity index (χ2v) is 6.88. The molecule has 0 unspecified atom stereocenters. The first kappa shape index (κ1) is 14.8. The van der Waals surface area contributed by atoms with Gasteiger partial charge in [-0.05, 0) is 24.6 Å². The van der Waals surface area contributed by atoms with Crippen LogP contribution in [-0.4, -0.2) is 31.9 Å². The molecule has 110 valence electrons. The number of amides is 1. The van der Waals surface area contributed by atoms with Gasteiger partial charge in [0.25, 0.3) is 5.91 Å². The Hall–Kier alpha value is -1.57. The number of hydrogen-bond donors (Lipinski definition) is 1. The van der Waals surface area contributed by atoms with Crippen molar-refractivity contribution in [2.75, 3.05) is 11.5 Å². The van der Waals surface area contributed by atoms with Crippen molar-refractivity contribution in [2.45, 2.75) is 18.6 Å². The third-order valence-electron chi connectivity index (χ3n) is 3.02. The SMILES string of the molecule is O=C(N[C@H]1CCS(=O)(=O)C1)c1cccc(C(F)(F)F)c1. The Morgan fingerprint density at radius 2 is 2.00 bits per heavy atom. The predicted molar refractivity (Wildman–Crippen MR) is 66.0 cm³/mol. The van der Waals surface area contributed by atoms with Gasteiger partial charge in [-0.25, -0.2) is 8.42 Å². The predicted octanol–water partition coefficient (Wildman–Crippen LogP) is 1.62. The fourth-order valence-corrected chi connectivity index (χ4v) is 3.69. The Kier molecular flexibility index (Phi) is 3.77. The summed E-state index contributed by atoms with van der Waals surface area (Å²) < 4.78 is 60.1. The van der Waals surface area contributed by atoms with E-state index in [9.17, 15) is 26.4 Å². The van der Waals surface area contributed by atoms with Crippen LogP contribution in [0.1, 0.15) is 22.3 Å². The quantitative estimate of drug-likeness (QED) is 0.903. The Morgan fingerprint density at radius 1 is 1.30 bits per heavy atom. The van der Waals surface area contributed by atoms with Gasteiger partial charge in [-0.2, -0.15) is 13.2 Å². The summed E-state index contributed by atoms with van der Waals surface area (Å²) in [6, 6.07) is 3.48. The summed E-state index contributed by atoms with van der Waals surface area (Å²) in [5, 5.41) is 2.44. The second kappa shape index (κ2) is 5.08. The molecule has 8 heteroatoms. The number of carbonyl (C=O) groups excluding carboxylic acids is 1. The lowest BCUT2D eigenvalue weighted by molar-refractivity contribution is -0.137. The lowest BCUT2D eigenvalue weighted by Crippen LogP contribution is -2.35. The molecule has 0 spiro atoms. The fraction of sp³-hybridized carbons (Fsp3) is 0.417. The van der Waals surface area contributed by atoms with Crippen molar-refractivity contribution in [1.29, 1.82) is 0 Å². The molecule has 4 nitrogen and oxygen atoms in total. The van der Waals surface area contributed by atoms with Gasteiger partial charge in [0.15, 0.2) is 9.84 Å². The van der Waals surface area contributed by atoms with E-state index >= 15 is 0 Å². The highest BCUT2D eigenvalue weighted by atomic mass is 32.2. The fourth-order valence-electron chi connectivity index (χ4n) is 2.01. The molecule has 1 aromatic carbocycles. The topological polar surface area (TPSA) is 63.2 Å². The molecular formula is C12H12F3NO3S. The smallest absolute Gasteiger partial charge is 0.348 e. The standard InChI is InChI=1S/C12H12F3NO3S/c13-12(14,15)9-3-1-2-8(6-9)11(17)16-10-4-5-20(18,19)7-10/h1-3,6,10H,4-5,7H2,(H,16,17)/t10-/m0/s1. The van der Waals surface area contributed by atoms with Crippen LogP contribution in [-0.2, 0) is 16.0 Å². The summed E-state index contributed by atoms with van der Waals surface area (Å²) in [5.74, 6) is -0.878. The molecule has 1 N–H and O–H groups in total. The van der Waals surface area contributed by atoms with Crippen molar-refractivity contribution >= 4 is 15.7 Å². The van der Waals surface area contributed by atoms with Crippen molar-refractivity contribution < 1.29 is 26.4 Å². The summed E-state index contributed by atoms with van der Waals surface area (Å²) in [7, 11) is -3.15. The second-order valence-electron chi connectivity index (χ2n) is 4.65. The number of rotatable bonds is 2. The van der Waals surface area contributed by atoms with Crippen LogP contribution in [0.3, 0.4) is 0 Å². The third-order valence-corrected chi connectivity index (χ3v) is 4.79. The van der Waals surface area contributed by atoms with Crippen LogP contribution in [0.4, 0.5) is 13.2 Å². The number of alkyl halides is 3. The summed E-state index contributed by atoms with van der Waals surface area (Å²) in [5.41, 5.74) is -1.05. The van der Waals surface area contributed by atoms with E-state index in [2.05, 4.69) is 5.32 Å². The molecule has 1 aromatic rings. The molecule has 1 atom stereocenters. The number of sulfone groups is 1. The molecule has 0 radical (unpaired) electrons. The van der Waals surface area contributed by atoms with Gasteiger partial charge in [-0.1, -0.05) is 6.07 Å².